The lowest BCUT2D eigenvalue weighted by molar-refractivity contribution is -0.145. The van der Waals surface area contributed by atoms with Crippen LogP contribution in [0.15, 0.2) is 61.4 Å². The summed E-state index contributed by atoms with van der Waals surface area (Å²) in [6, 6.07) is 11.1. The number of alkyl halides is 3. The van der Waals surface area contributed by atoms with Gasteiger partial charge < -0.3 is 24.9 Å². The molecule has 0 atom stereocenters. The van der Waals surface area contributed by atoms with Crippen molar-refractivity contribution in [3.8, 4) is 0 Å². The van der Waals surface area contributed by atoms with E-state index in [-0.39, 0.29) is 24.1 Å². The SMILES string of the molecule is O=C(Nc1ccncn1)N1c2nc(N3CCCN(CC(F)(F)F)CC3)ccc2N2CCC1CC2.O=C(Nc1ccncn1)N1c2nc(N3CCCNCC3)ccc2N2CCC1CC2. The van der Waals surface area contributed by atoms with Gasteiger partial charge in [-0.05, 0) is 81.5 Å². The fourth-order valence-corrected chi connectivity index (χ4v) is 9.42. The summed E-state index contributed by atoms with van der Waals surface area (Å²) in [6.07, 6.45) is 7.04. The van der Waals surface area contributed by atoms with Gasteiger partial charge in [0.1, 0.15) is 35.9 Å². The minimum absolute atomic E-state index is 0.00787. The van der Waals surface area contributed by atoms with Crippen molar-refractivity contribution in [2.75, 3.05) is 125 Å². The number of anilines is 8. The van der Waals surface area contributed by atoms with Gasteiger partial charge >= 0.3 is 18.2 Å². The summed E-state index contributed by atoms with van der Waals surface area (Å²) in [4.78, 5) is 66.5. The number of halogens is 3. The third-order valence-electron chi connectivity index (χ3n) is 12.5. The molecule has 0 aliphatic carbocycles. The zero-order valence-electron chi connectivity index (χ0n) is 35.1. The molecule has 12 rings (SSSR count). The number of carbonyl (C=O) groups excluding carboxylic acids is 2. The minimum Gasteiger partial charge on any atom is -0.368 e. The lowest BCUT2D eigenvalue weighted by Gasteiger charge is -2.31. The molecule has 0 radical (unpaired) electrons. The van der Waals surface area contributed by atoms with Crippen LogP contribution in [0, 0.1) is 0 Å². The standard InChI is InChI=1S/C22H27F3N8O.C20H26N8O/c23-22(24,25)14-30-8-1-9-32(13-12-30)19-3-2-17-20(29-19)33(16-5-10-31(17)11-6-16)21(34)28-18-4-7-26-15-27-18;29-20(24-17-4-8-22-14-23-17)28-15-5-11-26(12-6-15)16-2-3-18(25-19(16)28)27-10-1-7-21-9-13-27/h2-4,7,15-16H,1,5-6,8-14H2,(H,26,27,28,34);2-4,8,14-15,21H,1,5-7,9-13H2,(H,22,23,24,29). The van der Waals surface area contributed by atoms with Crippen LogP contribution in [-0.2, 0) is 0 Å². The van der Waals surface area contributed by atoms with E-state index in [1.165, 1.54) is 17.6 Å². The average Bonchev–Trinajstić information content (AvgIpc) is 3.89. The summed E-state index contributed by atoms with van der Waals surface area (Å²) in [5, 5.41) is 9.21. The molecule has 0 spiro atoms. The van der Waals surface area contributed by atoms with Crippen molar-refractivity contribution < 1.29 is 22.8 Å². The predicted octanol–water partition coefficient (Wildman–Crippen LogP) is 4.66. The molecular formula is C42H53F3N16O2. The second-order valence-corrected chi connectivity index (χ2v) is 16.6. The topological polar surface area (TPSA) is 170 Å². The Hall–Kier alpha value is -6.09. The van der Waals surface area contributed by atoms with Crippen LogP contribution in [0.25, 0.3) is 0 Å². The highest BCUT2D eigenvalue weighted by molar-refractivity contribution is 6.04. The van der Waals surface area contributed by atoms with E-state index < -0.39 is 12.7 Å². The highest BCUT2D eigenvalue weighted by atomic mass is 19.4. The molecule has 4 bridgehead atoms. The second-order valence-electron chi connectivity index (χ2n) is 16.6. The number of rotatable bonds is 5. The average molecular weight is 871 g/mol. The van der Waals surface area contributed by atoms with Gasteiger partial charge in [0.15, 0.2) is 11.6 Å². The fourth-order valence-electron chi connectivity index (χ4n) is 9.42. The lowest BCUT2D eigenvalue weighted by atomic mass is 10.1. The molecule has 4 saturated heterocycles. The Labute approximate surface area is 363 Å². The molecule has 21 heteroatoms. The monoisotopic (exact) mass is 870 g/mol. The highest BCUT2D eigenvalue weighted by Gasteiger charge is 2.39. The van der Waals surface area contributed by atoms with Crippen LogP contribution < -0.4 is 45.3 Å². The maximum absolute atomic E-state index is 13.4. The third kappa shape index (κ3) is 9.78. The van der Waals surface area contributed by atoms with Gasteiger partial charge in [-0.2, -0.15) is 13.2 Å². The van der Waals surface area contributed by atoms with Gasteiger partial charge in [-0.15, -0.1) is 0 Å². The molecule has 0 unspecified atom stereocenters. The van der Waals surface area contributed by atoms with E-state index in [4.69, 9.17) is 9.97 Å². The molecule has 3 N–H and O–H groups in total. The highest BCUT2D eigenvalue weighted by Crippen LogP contribution is 2.41. The first kappa shape index (κ1) is 42.2. The molecule has 63 heavy (non-hydrogen) atoms. The molecule has 8 aliphatic heterocycles. The normalized spacial score (nSPS) is 19.5. The molecule has 0 aromatic carbocycles. The molecule has 4 amide bonds. The van der Waals surface area contributed by atoms with E-state index in [1.807, 2.05) is 21.9 Å². The van der Waals surface area contributed by atoms with E-state index in [0.29, 0.717) is 55.9 Å². The van der Waals surface area contributed by atoms with E-state index >= 15 is 0 Å². The van der Waals surface area contributed by atoms with Crippen molar-refractivity contribution in [3.05, 3.63) is 61.4 Å². The summed E-state index contributed by atoms with van der Waals surface area (Å²) in [6.45, 7) is 8.32. The number of carbonyl (C=O) groups is 2. The Morgan fingerprint density at radius 1 is 0.603 bits per heavy atom. The number of urea groups is 2. The maximum atomic E-state index is 13.4. The fraction of sp³-hybridized carbons (Fsp3) is 0.524. The molecule has 8 aliphatic rings. The predicted molar refractivity (Wildman–Crippen MR) is 235 cm³/mol. The molecule has 0 saturated carbocycles. The van der Waals surface area contributed by atoms with E-state index in [0.717, 1.165) is 107 Å². The van der Waals surface area contributed by atoms with E-state index in [1.54, 1.807) is 29.4 Å². The molecule has 18 nitrogen and oxygen atoms in total. The van der Waals surface area contributed by atoms with Gasteiger partial charge in [0.25, 0.3) is 0 Å². The number of hydrogen-bond acceptors (Lipinski definition) is 14. The summed E-state index contributed by atoms with van der Waals surface area (Å²) in [5.74, 6) is 3.87. The van der Waals surface area contributed by atoms with Crippen molar-refractivity contribution in [2.45, 2.75) is 56.8 Å². The van der Waals surface area contributed by atoms with Gasteiger partial charge in [-0.3, -0.25) is 25.3 Å². The Morgan fingerprint density at radius 2 is 1.13 bits per heavy atom. The number of piperidine rings is 2. The van der Waals surface area contributed by atoms with Crippen molar-refractivity contribution in [2.24, 2.45) is 0 Å². The number of fused-ring (bicyclic) bond motifs is 4. The molecule has 4 fully saturated rings. The first-order chi connectivity index (χ1) is 30.7. The largest absolute Gasteiger partial charge is 0.401 e. The quantitative estimate of drug-likeness (QED) is 0.253. The first-order valence-electron chi connectivity index (χ1n) is 21.9. The lowest BCUT2D eigenvalue weighted by Crippen LogP contribution is -2.46. The maximum Gasteiger partial charge on any atom is 0.401 e. The Kier molecular flexibility index (Phi) is 12.5. The van der Waals surface area contributed by atoms with Crippen molar-refractivity contribution in [1.82, 2.24) is 40.1 Å². The molecule has 12 heterocycles. The molecule has 334 valence electrons. The molecule has 4 aromatic rings. The number of nitrogens with one attached hydrogen (secondary N) is 3. The Morgan fingerprint density at radius 3 is 1.63 bits per heavy atom. The van der Waals surface area contributed by atoms with Crippen LogP contribution in [0.5, 0.6) is 0 Å². The smallest absolute Gasteiger partial charge is 0.368 e. The second kappa shape index (κ2) is 18.7. The first-order valence-corrected chi connectivity index (χ1v) is 21.9. The van der Waals surface area contributed by atoms with Crippen LogP contribution in [0.4, 0.5) is 69.0 Å². The van der Waals surface area contributed by atoms with Gasteiger partial charge in [-0.1, -0.05) is 0 Å². The zero-order chi connectivity index (χ0) is 43.3. The third-order valence-corrected chi connectivity index (χ3v) is 12.5. The number of nitrogens with zero attached hydrogens (tertiary/aromatic N) is 13. The summed E-state index contributed by atoms with van der Waals surface area (Å²) < 4.78 is 38.6. The van der Waals surface area contributed by atoms with Crippen LogP contribution >= 0.6 is 0 Å². The summed E-state index contributed by atoms with van der Waals surface area (Å²) in [7, 11) is 0. The number of hydrogen-bond donors (Lipinski definition) is 3. The van der Waals surface area contributed by atoms with Crippen LogP contribution in [-0.4, -0.2) is 150 Å². The number of pyridine rings is 2. The van der Waals surface area contributed by atoms with Gasteiger partial charge in [-0.25, -0.2) is 39.5 Å². The number of amides is 4. The van der Waals surface area contributed by atoms with Gasteiger partial charge in [0.2, 0.25) is 0 Å². The summed E-state index contributed by atoms with van der Waals surface area (Å²) >= 11 is 0. The van der Waals surface area contributed by atoms with Crippen molar-refractivity contribution in [3.63, 3.8) is 0 Å². The van der Waals surface area contributed by atoms with Crippen LogP contribution in [0.3, 0.4) is 0 Å². The van der Waals surface area contributed by atoms with Crippen LogP contribution in [0.1, 0.15) is 38.5 Å². The molecule has 4 aromatic heterocycles. The minimum atomic E-state index is -4.21. The number of aromatic nitrogens is 6. The van der Waals surface area contributed by atoms with Gasteiger partial charge in [0, 0.05) is 96.5 Å². The van der Waals surface area contributed by atoms with Crippen molar-refractivity contribution in [1.29, 1.82) is 0 Å². The van der Waals surface area contributed by atoms with Gasteiger partial charge in [0.05, 0.1) is 17.9 Å². The van der Waals surface area contributed by atoms with E-state index in [2.05, 4.69) is 62.7 Å². The zero-order valence-corrected chi connectivity index (χ0v) is 35.1. The van der Waals surface area contributed by atoms with Crippen molar-refractivity contribution >= 4 is 58.3 Å². The Bertz CT molecular complexity index is 2180. The van der Waals surface area contributed by atoms with Crippen LogP contribution in [0.2, 0.25) is 0 Å². The Balaban J connectivity index is 0.000000162. The van der Waals surface area contributed by atoms with E-state index in [9.17, 15) is 22.8 Å². The summed E-state index contributed by atoms with van der Waals surface area (Å²) in [5.41, 5.74) is 1.94. The molecular weight excluding hydrogens is 818 g/mol.